The van der Waals surface area contributed by atoms with E-state index in [4.69, 9.17) is 0 Å². The van der Waals surface area contributed by atoms with E-state index in [-0.39, 0.29) is 10.8 Å². The van der Waals surface area contributed by atoms with E-state index in [9.17, 15) is 0 Å². The zero-order valence-corrected chi connectivity index (χ0v) is 42.8. The number of hydrogen-bond acceptors (Lipinski definition) is 2. The molecule has 0 aromatic heterocycles. The summed E-state index contributed by atoms with van der Waals surface area (Å²) in [5.41, 5.74) is 23.0. The van der Waals surface area contributed by atoms with Gasteiger partial charge in [-0.15, -0.1) is 0 Å². The van der Waals surface area contributed by atoms with Gasteiger partial charge in [0, 0.05) is 45.0 Å². The van der Waals surface area contributed by atoms with Crippen LogP contribution in [-0.4, -0.2) is 0 Å². The van der Waals surface area contributed by atoms with Crippen molar-refractivity contribution < 1.29 is 0 Å². The highest BCUT2D eigenvalue weighted by molar-refractivity contribution is 6.21. The first-order chi connectivity index (χ1) is 36.5. The van der Waals surface area contributed by atoms with Crippen molar-refractivity contribution in [3.05, 3.63) is 265 Å². The molecule has 13 rings (SSSR count). The summed E-state index contributed by atoms with van der Waals surface area (Å²) >= 11 is 0. The lowest BCUT2D eigenvalue weighted by Crippen LogP contribution is -2.23. The molecule has 11 aromatic rings. The molecule has 0 unspecified atom stereocenters. The zero-order chi connectivity index (χ0) is 50.0. The average molecular weight is 953 g/mol. The van der Waals surface area contributed by atoms with Crippen LogP contribution in [-0.2, 0) is 10.8 Å². The Morgan fingerprint density at radius 3 is 0.797 bits per heavy atom. The van der Waals surface area contributed by atoms with Gasteiger partial charge >= 0.3 is 0 Å². The molecule has 2 nitrogen and oxygen atoms in total. The second kappa shape index (κ2) is 18.2. The number of rotatable bonds is 12. The fraction of sp³-hybridized carbons (Fsp3) is 0.139. The number of para-hydroxylation sites is 4. The molecule has 2 aliphatic rings. The van der Waals surface area contributed by atoms with Crippen LogP contribution >= 0.6 is 0 Å². The Balaban J connectivity index is 0.939. The summed E-state index contributed by atoms with van der Waals surface area (Å²) in [7, 11) is 0. The molecule has 0 N–H and O–H groups in total. The van der Waals surface area contributed by atoms with Gasteiger partial charge in [-0.05, 0) is 199 Å². The monoisotopic (exact) mass is 952 g/mol. The minimum atomic E-state index is -0.142. The van der Waals surface area contributed by atoms with Gasteiger partial charge in [-0.1, -0.05) is 185 Å². The second-order valence-corrected chi connectivity index (χ2v) is 20.4. The predicted octanol–water partition coefficient (Wildman–Crippen LogP) is 20.4. The molecule has 2 heteroatoms. The minimum Gasteiger partial charge on any atom is -0.310 e. The quantitative estimate of drug-likeness (QED) is 0.113. The molecule has 358 valence electrons. The third kappa shape index (κ3) is 6.92. The highest BCUT2D eigenvalue weighted by atomic mass is 15.1. The molecule has 0 saturated carbocycles. The molecule has 0 radical (unpaired) electrons. The van der Waals surface area contributed by atoms with E-state index in [1.807, 2.05) is 0 Å². The smallest absolute Gasteiger partial charge is 0.0465 e. The summed E-state index contributed by atoms with van der Waals surface area (Å²) < 4.78 is 0. The number of fused-ring (bicyclic) bond motifs is 8. The highest BCUT2D eigenvalue weighted by Gasteiger charge is 2.43. The van der Waals surface area contributed by atoms with Crippen molar-refractivity contribution in [2.45, 2.75) is 64.2 Å². The standard InChI is InChI=1S/C72H60N2/c1-5-71(6-2)65-45-49(37-41-57(65)59-43-39-55(47-67(59)71)73(51-25-13-9-14-26-51)52-27-15-10-16-28-52)69-61-33-21-23-35-63(61)70(64-36-24-22-34-62(64)69)50-38-42-58-60-44-40-56(48-68(60)72(7-3,8-4)66(58)46-50)74(53-29-17-11-18-30-53)54-31-19-12-20-32-54/h9-48H,5-8H2,1-4H3. The summed E-state index contributed by atoms with van der Waals surface area (Å²) in [6, 6.07) is 90.7. The number of benzene rings is 11. The SMILES string of the molecule is CCC1(CC)c2cc(-c3c4ccccc4c(-c4ccc5c(c4)C(CC)(CC)c4cc(N(c6ccccc6)c6ccccc6)ccc4-5)c4ccccc34)ccc2-c2ccc(N(c3ccccc3)c3ccccc3)cc21. The van der Waals surface area contributed by atoms with Gasteiger partial charge in [-0.25, -0.2) is 0 Å². The molecular formula is C72H60N2. The molecule has 11 aromatic carbocycles. The van der Waals surface area contributed by atoms with Gasteiger partial charge in [0.25, 0.3) is 0 Å². The Bertz CT molecular complexity index is 3490. The van der Waals surface area contributed by atoms with Crippen LogP contribution in [0.25, 0.3) is 66.1 Å². The molecule has 2 aliphatic carbocycles. The van der Waals surface area contributed by atoms with Crippen molar-refractivity contribution >= 4 is 55.7 Å². The summed E-state index contributed by atoms with van der Waals surface area (Å²) in [6.45, 7) is 9.55. The van der Waals surface area contributed by atoms with Crippen molar-refractivity contribution in [1.82, 2.24) is 0 Å². The van der Waals surface area contributed by atoms with Crippen molar-refractivity contribution in [3.8, 4) is 44.5 Å². The molecule has 0 saturated heterocycles. The highest BCUT2D eigenvalue weighted by Crippen LogP contribution is 2.58. The van der Waals surface area contributed by atoms with E-state index >= 15 is 0 Å². The molecular weight excluding hydrogens is 893 g/mol. The maximum absolute atomic E-state index is 2.57. The van der Waals surface area contributed by atoms with E-state index in [1.165, 1.54) is 99.7 Å². The van der Waals surface area contributed by atoms with Gasteiger partial charge < -0.3 is 9.80 Å². The Labute approximate surface area is 436 Å². The van der Waals surface area contributed by atoms with Crippen molar-refractivity contribution in [2.24, 2.45) is 0 Å². The summed E-state index contributed by atoms with van der Waals surface area (Å²) in [6.07, 6.45) is 4.03. The predicted molar refractivity (Wildman–Crippen MR) is 315 cm³/mol. The number of anilines is 6. The molecule has 0 atom stereocenters. The molecule has 0 heterocycles. The van der Waals surface area contributed by atoms with Crippen LogP contribution in [0.5, 0.6) is 0 Å². The van der Waals surface area contributed by atoms with Gasteiger partial charge in [-0.2, -0.15) is 0 Å². The fourth-order valence-corrected chi connectivity index (χ4v) is 13.5. The molecule has 0 fully saturated rings. The van der Waals surface area contributed by atoms with E-state index < -0.39 is 0 Å². The van der Waals surface area contributed by atoms with Crippen molar-refractivity contribution in [2.75, 3.05) is 9.80 Å². The number of hydrogen-bond donors (Lipinski definition) is 0. The lowest BCUT2D eigenvalue weighted by atomic mass is 9.72. The first-order valence-electron chi connectivity index (χ1n) is 26.8. The Kier molecular flexibility index (Phi) is 11.2. The van der Waals surface area contributed by atoms with Crippen LogP contribution in [0.2, 0.25) is 0 Å². The first kappa shape index (κ1) is 45.4. The maximum atomic E-state index is 2.57. The van der Waals surface area contributed by atoms with Crippen LogP contribution in [0.3, 0.4) is 0 Å². The fourth-order valence-electron chi connectivity index (χ4n) is 13.5. The van der Waals surface area contributed by atoms with E-state index in [0.29, 0.717) is 0 Å². The van der Waals surface area contributed by atoms with E-state index in [2.05, 4.69) is 280 Å². The maximum Gasteiger partial charge on any atom is 0.0465 e. The van der Waals surface area contributed by atoms with Crippen LogP contribution in [0.4, 0.5) is 34.1 Å². The number of nitrogens with zero attached hydrogens (tertiary/aromatic N) is 2. The summed E-state index contributed by atoms with van der Waals surface area (Å²) in [4.78, 5) is 4.80. The molecule has 0 bridgehead atoms. The van der Waals surface area contributed by atoms with Gasteiger partial charge in [0.2, 0.25) is 0 Å². The Morgan fingerprint density at radius 1 is 0.257 bits per heavy atom. The largest absolute Gasteiger partial charge is 0.310 e. The molecule has 74 heavy (non-hydrogen) atoms. The van der Waals surface area contributed by atoms with Gasteiger partial charge in [0.15, 0.2) is 0 Å². The lowest BCUT2D eigenvalue weighted by molar-refractivity contribution is 0.490. The third-order valence-corrected chi connectivity index (χ3v) is 17.2. The second-order valence-electron chi connectivity index (χ2n) is 20.4. The first-order valence-corrected chi connectivity index (χ1v) is 26.8. The van der Waals surface area contributed by atoms with Crippen LogP contribution < -0.4 is 9.80 Å². The average Bonchev–Trinajstić information content (AvgIpc) is 3.91. The third-order valence-electron chi connectivity index (χ3n) is 17.2. The normalized spacial score (nSPS) is 13.6. The lowest BCUT2D eigenvalue weighted by Gasteiger charge is -2.32. The van der Waals surface area contributed by atoms with Crippen molar-refractivity contribution in [3.63, 3.8) is 0 Å². The topological polar surface area (TPSA) is 6.48 Å². The minimum absolute atomic E-state index is 0.142. The van der Waals surface area contributed by atoms with Crippen LogP contribution in [0.15, 0.2) is 243 Å². The Hall–Kier alpha value is -8.46. The van der Waals surface area contributed by atoms with E-state index in [1.54, 1.807) is 0 Å². The van der Waals surface area contributed by atoms with Gasteiger partial charge in [-0.3, -0.25) is 0 Å². The van der Waals surface area contributed by atoms with Crippen LogP contribution in [0.1, 0.15) is 75.6 Å². The van der Waals surface area contributed by atoms with Gasteiger partial charge in [0.1, 0.15) is 0 Å². The summed E-state index contributed by atoms with van der Waals surface area (Å²) in [5.74, 6) is 0. The molecule has 0 aliphatic heterocycles. The van der Waals surface area contributed by atoms with Crippen LogP contribution in [0, 0.1) is 0 Å². The van der Waals surface area contributed by atoms with Gasteiger partial charge in [0.05, 0.1) is 0 Å². The summed E-state index contributed by atoms with van der Waals surface area (Å²) in [5, 5.41) is 5.14. The Morgan fingerprint density at radius 2 is 0.514 bits per heavy atom. The molecule has 0 amide bonds. The van der Waals surface area contributed by atoms with E-state index in [0.717, 1.165) is 48.4 Å². The molecule has 0 spiro atoms. The zero-order valence-electron chi connectivity index (χ0n) is 42.8. The van der Waals surface area contributed by atoms with Crippen molar-refractivity contribution in [1.29, 1.82) is 0 Å².